The second kappa shape index (κ2) is 5.11. The number of pyridine rings is 1. The Kier molecular flexibility index (Phi) is 3.34. The fourth-order valence-electron chi connectivity index (χ4n) is 1.33. The largest absolute Gasteiger partial charge is 0.323 e. The Morgan fingerprint density at radius 3 is 2.82 bits per heavy atom. The molecule has 0 radical (unpaired) electrons. The molecule has 0 aliphatic heterocycles. The fraction of sp³-hybridized carbons (Fsp3) is 0.182. The van der Waals surface area contributed by atoms with E-state index < -0.39 is 0 Å². The fourth-order valence-corrected chi connectivity index (χ4v) is 1.33. The van der Waals surface area contributed by atoms with Gasteiger partial charge >= 0.3 is 6.03 Å². The second-order valence-corrected chi connectivity index (χ2v) is 3.41. The number of anilines is 2. The summed E-state index contributed by atoms with van der Waals surface area (Å²) in [5.74, 6) is 0. The van der Waals surface area contributed by atoms with Gasteiger partial charge in [-0.3, -0.25) is 9.67 Å². The quantitative estimate of drug-likeness (QED) is 0.847. The standard InChI is InChI=1S/C11H13N5O/c1-2-16-8-10(7-13-16)15-11(17)14-9-4-3-5-12-6-9/h3-8H,2H2,1H3,(H2,14,15,17). The summed E-state index contributed by atoms with van der Waals surface area (Å²) in [5.41, 5.74) is 1.31. The normalized spacial score (nSPS) is 9.94. The molecule has 0 fully saturated rings. The van der Waals surface area contributed by atoms with Gasteiger partial charge in [0.25, 0.3) is 0 Å². The number of aromatic nitrogens is 3. The van der Waals surface area contributed by atoms with Crippen LogP contribution in [0.15, 0.2) is 36.9 Å². The summed E-state index contributed by atoms with van der Waals surface area (Å²) in [4.78, 5) is 15.5. The summed E-state index contributed by atoms with van der Waals surface area (Å²) in [7, 11) is 0. The van der Waals surface area contributed by atoms with Crippen LogP contribution in [0, 0.1) is 0 Å². The maximum atomic E-state index is 11.6. The average molecular weight is 231 g/mol. The zero-order valence-corrected chi connectivity index (χ0v) is 9.42. The average Bonchev–Trinajstić information content (AvgIpc) is 2.78. The van der Waals surface area contributed by atoms with Crippen LogP contribution < -0.4 is 10.6 Å². The highest BCUT2D eigenvalue weighted by Gasteiger charge is 2.03. The van der Waals surface area contributed by atoms with Crippen molar-refractivity contribution in [3.63, 3.8) is 0 Å². The number of carbonyl (C=O) groups is 1. The molecule has 0 bridgehead atoms. The molecule has 6 nitrogen and oxygen atoms in total. The molecule has 0 saturated carbocycles. The number of amides is 2. The Morgan fingerprint density at radius 2 is 2.18 bits per heavy atom. The van der Waals surface area contributed by atoms with Gasteiger partial charge in [-0.25, -0.2) is 4.79 Å². The molecule has 0 aromatic carbocycles. The zero-order valence-electron chi connectivity index (χ0n) is 9.42. The number of urea groups is 1. The topological polar surface area (TPSA) is 71.8 Å². The second-order valence-electron chi connectivity index (χ2n) is 3.41. The van der Waals surface area contributed by atoms with E-state index in [0.29, 0.717) is 11.4 Å². The summed E-state index contributed by atoms with van der Waals surface area (Å²) in [6.07, 6.45) is 6.60. The monoisotopic (exact) mass is 231 g/mol. The summed E-state index contributed by atoms with van der Waals surface area (Å²) in [6.45, 7) is 2.75. The molecule has 17 heavy (non-hydrogen) atoms. The summed E-state index contributed by atoms with van der Waals surface area (Å²) >= 11 is 0. The van der Waals surface area contributed by atoms with Crippen molar-refractivity contribution in [3.05, 3.63) is 36.9 Å². The van der Waals surface area contributed by atoms with E-state index in [1.807, 2.05) is 6.92 Å². The molecule has 0 atom stereocenters. The Balaban J connectivity index is 1.93. The lowest BCUT2D eigenvalue weighted by atomic mass is 10.4. The molecule has 2 aromatic heterocycles. The SMILES string of the molecule is CCn1cc(NC(=O)Nc2cccnc2)cn1. The first kappa shape index (κ1) is 11.1. The molecular formula is C11H13N5O. The van der Waals surface area contributed by atoms with E-state index in [2.05, 4.69) is 20.7 Å². The zero-order chi connectivity index (χ0) is 12.1. The van der Waals surface area contributed by atoms with E-state index in [9.17, 15) is 4.79 Å². The molecule has 6 heteroatoms. The van der Waals surface area contributed by atoms with Crippen molar-refractivity contribution in [2.45, 2.75) is 13.5 Å². The number of nitrogens with one attached hydrogen (secondary N) is 2. The number of nitrogens with zero attached hydrogens (tertiary/aromatic N) is 3. The number of hydrogen-bond donors (Lipinski definition) is 2. The van der Waals surface area contributed by atoms with Gasteiger partial charge in [-0.2, -0.15) is 5.10 Å². The van der Waals surface area contributed by atoms with Crippen LogP contribution >= 0.6 is 0 Å². The lowest BCUT2D eigenvalue weighted by molar-refractivity contribution is 0.262. The van der Waals surface area contributed by atoms with Crippen molar-refractivity contribution < 1.29 is 4.79 Å². The van der Waals surface area contributed by atoms with E-state index >= 15 is 0 Å². The van der Waals surface area contributed by atoms with Gasteiger partial charge in [-0.05, 0) is 19.1 Å². The van der Waals surface area contributed by atoms with Gasteiger partial charge in [-0.1, -0.05) is 0 Å². The van der Waals surface area contributed by atoms with Crippen molar-refractivity contribution in [3.8, 4) is 0 Å². The van der Waals surface area contributed by atoms with Crippen LogP contribution in [-0.4, -0.2) is 20.8 Å². The number of hydrogen-bond acceptors (Lipinski definition) is 3. The first-order chi connectivity index (χ1) is 8.28. The van der Waals surface area contributed by atoms with Crippen molar-refractivity contribution in [2.75, 3.05) is 10.6 Å². The van der Waals surface area contributed by atoms with E-state index in [-0.39, 0.29) is 6.03 Å². The molecule has 2 N–H and O–H groups in total. The molecular weight excluding hydrogens is 218 g/mol. The third-order valence-corrected chi connectivity index (χ3v) is 2.13. The molecule has 2 amide bonds. The molecule has 0 unspecified atom stereocenters. The van der Waals surface area contributed by atoms with Gasteiger partial charge < -0.3 is 10.6 Å². The van der Waals surface area contributed by atoms with Gasteiger partial charge in [-0.15, -0.1) is 0 Å². The van der Waals surface area contributed by atoms with E-state index in [4.69, 9.17) is 0 Å². The van der Waals surface area contributed by atoms with Crippen molar-refractivity contribution in [1.82, 2.24) is 14.8 Å². The molecule has 2 rings (SSSR count). The molecule has 2 heterocycles. The Hall–Kier alpha value is -2.37. The number of aryl methyl sites for hydroxylation is 1. The highest BCUT2D eigenvalue weighted by atomic mass is 16.2. The van der Waals surface area contributed by atoms with E-state index in [1.165, 1.54) is 0 Å². The predicted molar refractivity (Wildman–Crippen MR) is 64.8 cm³/mol. The van der Waals surface area contributed by atoms with E-state index in [1.54, 1.807) is 41.6 Å². The van der Waals surface area contributed by atoms with Gasteiger partial charge in [0.1, 0.15) is 0 Å². The smallest absolute Gasteiger partial charge is 0.306 e. The van der Waals surface area contributed by atoms with Crippen LogP contribution in [0.3, 0.4) is 0 Å². The summed E-state index contributed by atoms with van der Waals surface area (Å²) in [6, 6.07) is 3.21. The Labute approximate surface area is 98.7 Å². The number of carbonyl (C=O) groups excluding carboxylic acids is 1. The lowest BCUT2D eigenvalue weighted by Crippen LogP contribution is -2.19. The summed E-state index contributed by atoms with van der Waals surface area (Å²) < 4.78 is 1.74. The van der Waals surface area contributed by atoms with Crippen LogP contribution in [0.4, 0.5) is 16.2 Å². The van der Waals surface area contributed by atoms with Crippen LogP contribution in [0.5, 0.6) is 0 Å². The minimum atomic E-state index is -0.311. The van der Waals surface area contributed by atoms with Crippen LogP contribution in [0.1, 0.15) is 6.92 Å². The van der Waals surface area contributed by atoms with Gasteiger partial charge in [0.15, 0.2) is 0 Å². The first-order valence-electron chi connectivity index (χ1n) is 5.28. The van der Waals surface area contributed by atoms with Crippen molar-refractivity contribution in [1.29, 1.82) is 0 Å². The highest BCUT2D eigenvalue weighted by molar-refractivity contribution is 5.99. The van der Waals surface area contributed by atoms with E-state index in [0.717, 1.165) is 6.54 Å². The molecule has 88 valence electrons. The summed E-state index contributed by atoms with van der Waals surface area (Å²) in [5, 5.41) is 9.41. The van der Waals surface area contributed by atoms with Crippen LogP contribution in [0.25, 0.3) is 0 Å². The van der Waals surface area contributed by atoms with Gasteiger partial charge in [0.2, 0.25) is 0 Å². The van der Waals surface area contributed by atoms with Gasteiger partial charge in [0.05, 0.1) is 23.8 Å². The predicted octanol–water partition coefficient (Wildman–Crippen LogP) is 1.94. The maximum absolute atomic E-state index is 11.6. The molecule has 0 aliphatic carbocycles. The van der Waals surface area contributed by atoms with Gasteiger partial charge in [0, 0.05) is 18.9 Å². The number of rotatable bonds is 3. The third-order valence-electron chi connectivity index (χ3n) is 2.13. The first-order valence-corrected chi connectivity index (χ1v) is 5.28. The van der Waals surface area contributed by atoms with Crippen molar-refractivity contribution >= 4 is 17.4 Å². The molecule has 2 aromatic rings. The minimum absolute atomic E-state index is 0.311. The van der Waals surface area contributed by atoms with Crippen LogP contribution in [-0.2, 0) is 6.54 Å². The molecule has 0 saturated heterocycles. The highest BCUT2D eigenvalue weighted by Crippen LogP contribution is 2.07. The Bertz CT molecular complexity index is 494. The van der Waals surface area contributed by atoms with Crippen LogP contribution in [0.2, 0.25) is 0 Å². The molecule has 0 spiro atoms. The third kappa shape index (κ3) is 3.04. The maximum Gasteiger partial charge on any atom is 0.323 e. The minimum Gasteiger partial charge on any atom is -0.306 e. The lowest BCUT2D eigenvalue weighted by Gasteiger charge is -2.04. The van der Waals surface area contributed by atoms with Crippen molar-refractivity contribution in [2.24, 2.45) is 0 Å². The molecule has 0 aliphatic rings. The Morgan fingerprint density at radius 1 is 1.35 bits per heavy atom.